The molecule has 6 nitrogen and oxygen atoms in total. The van der Waals surface area contributed by atoms with Crippen molar-refractivity contribution in [3.63, 3.8) is 0 Å². The maximum Gasteiger partial charge on any atom is 0.275 e. The summed E-state index contributed by atoms with van der Waals surface area (Å²) < 4.78 is 5.78. The Morgan fingerprint density at radius 3 is 2.57 bits per heavy atom. The van der Waals surface area contributed by atoms with E-state index in [0.717, 1.165) is 5.56 Å². The van der Waals surface area contributed by atoms with E-state index in [1.807, 2.05) is 19.1 Å². The molecule has 3 aromatic rings. The zero-order chi connectivity index (χ0) is 16.1. The first-order valence-corrected chi connectivity index (χ1v) is 6.98. The summed E-state index contributed by atoms with van der Waals surface area (Å²) in [6, 6.07) is 8.98. The van der Waals surface area contributed by atoms with E-state index in [9.17, 15) is 4.79 Å². The van der Waals surface area contributed by atoms with E-state index in [1.165, 1.54) is 18.6 Å². The molecule has 1 aromatic carbocycles. The molecule has 114 valence electrons. The summed E-state index contributed by atoms with van der Waals surface area (Å²) in [5, 5.41) is 2.78. The van der Waals surface area contributed by atoms with Gasteiger partial charge in [0, 0.05) is 30.5 Å². The third-order valence-corrected chi connectivity index (χ3v) is 3.11. The maximum atomic E-state index is 12.0. The molecule has 0 aliphatic rings. The van der Waals surface area contributed by atoms with Gasteiger partial charge in [-0.2, -0.15) is 0 Å². The minimum Gasteiger partial charge on any atom is -0.457 e. The van der Waals surface area contributed by atoms with Crippen LogP contribution in [0.25, 0.3) is 0 Å². The van der Waals surface area contributed by atoms with Crippen LogP contribution in [0.5, 0.6) is 11.5 Å². The number of rotatable bonds is 4. The summed E-state index contributed by atoms with van der Waals surface area (Å²) in [5.74, 6) is 1.12. The number of ether oxygens (including phenoxy) is 1. The Morgan fingerprint density at radius 2 is 1.87 bits per heavy atom. The standard InChI is InChI=1S/C17H14N4O2/c1-12-10-13(21-17(22)15-11-19-8-9-20-15)2-3-16(12)23-14-4-6-18-7-5-14/h2-11H,1H3,(H,21,22). The molecule has 2 heterocycles. The van der Waals surface area contributed by atoms with Crippen molar-refractivity contribution in [1.82, 2.24) is 15.0 Å². The predicted octanol–water partition coefficient (Wildman–Crippen LogP) is 3.22. The lowest BCUT2D eigenvalue weighted by Crippen LogP contribution is -2.13. The van der Waals surface area contributed by atoms with Crippen molar-refractivity contribution in [1.29, 1.82) is 0 Å². The summed E-state index contributed by atoms with van der Waals surface area (Å²) in [4.78, 5) is 23.8. The molecule has 2 aromatic heterocycles. The Balaban J connectivity index is 1.73. The van der Waals surface area contributed by atoms with Crippen molar-refractivity contribution in [2.75, 3.05) is 5.32 Å². The zero-order valence-corrected chi connectivity index (χ0v) is 12.4. The highest BCUT2D eigenvalue weighted by atomic mass is 16.5. The Morgan fingerprint density at radius 1 is 1.04 bits per heavy atom. The topological polar surface area (TPSA) is 77.0 Å². The second-order valence-corrected chi connectivity index (χ2v) is 4.81. The number of pyridine rings is 1. The molecular weight excluding hydrogens is 292 g/mol. The first kappa shape index (κ1) is 14.6. The van der Waals surface area contributed by atoms with Crippen LogP contribution < -0.4 is 10.1 Å². The number of amides is 1. The van der Waals surface area contributed by atoms with Gasteiger partial charge in [-0.05, 0) is 42.8 Å². The van der Waals surface area contributed by atoms with Crippen molar-refractivity contribution < 1.29 is 9.53 Å². The van der Waals surface area contributed by atoms with Crippen molar-refractivity contribution in [3.05, 3.63) is 72.6 Å². The fourth-order valence-corrected chi connectivity index (χ4v) is 1.99. The van der Waals surface area contributed by atoms with Crippen LogP contribution in [-0.4, -0.2) is 20.9 Å². The molecule has 0 atom stereocenters. The monoisotopic (exact) mass is 306 g/mol. The number of benzene rings is 1. The number of nitrogens with zero attached hydrogens (tertiary/aromatic N) is 3. The lowest BCUT2D eigenvalue weighted by atomic mass is 10.2. The number of hydrogen-bond donors (Lipinski definition) is 1. The average molecular weight is 306 g/mol. The van der Waals surface area contributed by atoms with Gasteiger partial charge in [-0.1, -0.05) is 0 Å². The third kappa shape index (κ3) is 3.68. The molecule has 6 heteroatoms. The fourth-order valence-electron chi connectivity index (χ4n) is 1.99. The molecule has 0 fully saturated rings. The van der Waals surface area contributed by atoms with Crippen LogP contribution in [0.3, 0.4) is 0 Å². The summed E-state index contributed by atoms with van der Waals surface area (Å²) in [6.45, 7) is 1.91. The van der Waals surface area contributed by atoms with Crippen molar-refractivity contribution in [2.24, 2.45) is 0 Å². The van der Waals surface area contributed by atoms with Crippen LogP contribution in [0.15, 0.2) is 61.3 Å². The number of nitrogens with one attached hydrogen (secondary N) is 1. The summed E-state index contributed by atoms with van der Waals surface area (Å²) in [5.41, 5.74) is 1.83. The molecule has 1 amide bonds. The van der Waals surface area contributed by atoms with Crippen LogP contribution >= 0.6 is 0 Å². The second kappa shape index (κ2) is 6.65. The van der Waals surface area contributed by atoms with E-state index in [0.29, 0.717) is 17.2 Å². The van der Waals surface area contributed by atoms with E-state index < -0.39 is 0 Å². The van der Waals surface area contributed by atoms with Gasteiger partial charge in [0.15, 0.2) is 0 Å². The van der Waals surface area contributed by atoms with E-state index in [2.05, 4.69) is 20.3 Å². The quantitative estimate of drug-likeness (QED) is 0.800. The largest absolute Gasteiger partial charge is 0.457 e. The van der Waals surface area contributed by atoms with Crippen molar-refractivity contribution >= 4 is 11.6 Å². The lowest BCUT2D eigenvalue weighted by Gasteiger charge is -2.11. The number of anilines is 1. The highest BCUT2D eigenvalue weighted by Crippen LogP contribution is 2.27. The second-order valence-electron chi connectivity index (χ2n) is 4.81. The molecule has 23 heavy (non-hydrogen) atoms. The van der Waals surface area contributed by atoms with Gasteiger partial charge in [-0.3, -0.25) is 14.8 Å². The Kier molecular flexibility index (Phi) is 4.24. The smallest absolute Gasteiger partial charge is 0.275 e. The molecule has 3 rings (SSSR count). The van der Waals surface area contributed by atoms with E-state index in [1.54, 1.807) is 30.6 Å². The zero-order valence-electron chi connectivity index (χ0n) is 12.4. The van der Waals surface area contributed by atoms with Gasteiger partial charge in [0.25, 0.3) is 5.91 Å². The molecule has 0 aliphatic heterocycles. The predicted molar refractivity (Wildman–Crippen MR) is 85.5 cm³/mol. The first-order chi connectivity index (χ1) is 11.2. The maximum absolute atomic E-state index is 12.0. The van der Waals surface area contributed by atoms with Gasteiger partial charge in [0.1, 0.15) is 17.2 Å². The first-order valence-electron chi connectivity index (χ1n) is 6.98. The van der Waals surface area contributed by atoms with Crippen LogP contribution in [0.4, 0.5) is 5.69 Å². The molecule has 0 radical (unpaired) electrons. The Hall–Kier alpha value is -3.28. The number of carbonyl (C=O) groups excluding carboxylic acids is 1. The average Bonchev–Trinajstić information content (AvgIpc) is 2.59. The highest BCUT2D eigenvalue weighted by molar-refractivity contribution is 6.02. The minimum absolute atomic E-state index is 0.266. The van der Waals surface area contributed by atoms with Crippen molar-refractivity contribution in [2.45, 2.75) is 6.92 Å². The van der Waals surface area contributed by atoms with E-state index in [4.69, 9.17) is 4.74 Å². The molecular formula is C17H14N4O2. The summed E-state index contributed by atoms with van der Waals surface area (Å²) in [7, 11) is 0. The molecule has 0 unspecified atom stereocenters. The van der Waals surface area contributed by atoms with Crippen LogP contribution in [0.1, 0.15) is 16.1 Å². The summed E-state index contributed by atoms with van der Waals surface area (Å²) >= 11 is 0. The Labute approximate surface area is 133 Å². The van der Waals surface area contributed by atoms with Gasteiger partial charge in [-0.15, -0.1) is 0 Å². The number of aryl methyl sites for hydroxylation is 1. The van der Waals surface area contributed by atoms with Crippen molar-refractivity contribution in [3.8, 4) is 11.5 Å². The van der Waals surface area contributed by atoms with E-state index in [-0.39, 0.29) is 11.6 Å². The summed E-state index contributed by atoms with van der Waals surface area (Å²) in [6.07, 6.45) is 7.75. The molecule has 0 spiro atoms. The number of aromatic nitrogens is 3. The molecule has 0 aliphatic carbocycles. The molecule has 1 N–H and O–H groups in total. The van der Waals surface area contributed by atoms with Crippen LogP contribution in [0.2, 0.25) is 0 Å². The van der Waals surface area contributed by atoms with Gasteiger partial charge >= 0.3 is 0 Å². The Bertz CT molecular complexity index is 807. The molecule has 0 bridgehead atoms. The van der Waals surface area contributed by atoms with Gasteiger partial charge in [0.05, 0.1) is 6.20 Å². The highest BCUT2D eigenvalue weighted by Gasteiger charge is 2.09. The van der Waals surface area contributed by atoms with Gasteiger partial charge in [0.2, 0.25) is 0 Å². The number of carbonyl (C=O) groups is 1. The number of hydrogen-bond acceptors (Lipinski definition) is 5. The van der Waals surface area contributed by atoms with Gasteiger partial charge in [-0.25, -0.2) is 4.98 Å². The van der Waals surface area contributed by atoms with Gasteiger partial charge < -0.3 is 10.1 Å². The molecule has 0 saturated heterocycles. The third-order valence-electron chi connectivity index (χ3n) is 3.11. The van der Waals surface area contributed by atoms with Crippen LogP contribution in [0, 0.1) is 6.92 Å². The van der Waals surface area contributed by atoms with E-state index >= 15 is 0 Å². The SMILES string of the molecule is Cc1cc(NC(=O)c2cnccn2)ccc1Oc1ccncc1. The minimum atomic E-state index is -0.305. The molecule has 0 saturated carbocycles. The lowest BCUT2D eigenvalue weighted by molar-refractivity contribution is 0.102. The van der Waals surface area contributed by atoms with Crippen LogP contribution in [-0.2, 0) is 0 Å². The normalized spacial score (nSPS) is 10.1. The fraction of sp³-hybridized carbons (Fsp3) is 0.0588.